The summed E-state index contributed by atoms with van der Waals surface area (Å²) in [7, 11) is 0. The normalized spacial score (nSPS) is 25.0. The summed E-state index contributed by atoms with van der Waals surface area (Å²) in [6, 6.07) is 8.84. The van der Waals surface area contributed by atoms with E-state index in [9.17, 15) is 9.90 Å². The third kappa shape index (κ3) is 5.44. The van der Waals surface area contributed by atoms with Gasteiger partial charge in [-0.05, 0) is 38.2 Å². The first-order valence-electron chi connectivity index (χ1n) is 9.60. The zero-order valence-corrected chi connectivity index (χ0v) is 15.2. The fourth-order valence-corrected chi connectivity index (χ4v) is 4.02. The summed E-state index contributed by atoms with van der Waals surface area (Å²) < 4.78 is 0. The molecule has 138 valence electrons. The summed E-state index contributed by atoms with van der Waals surface area (Å²) >= 11 is 0. The third-order valence-electron chi connectivity index (χ3n) is 5.56. The number of aliphatic hydroxyl groups is 1. The van der Waals surface area contributed by atoms with Gasteiger partial charge in [0.2, 0.25) is 0 Å². The summed E-state index contributed by atoms with van der Waals surface area (Å²) in [6.45, 7) is 5.72. The zero-order valence-electron chi connectivity index (χ0n) is 15.2. The lowest BCUT2D eigenvalue weighted by molar-refractivity contribution is 0.132. The summed E-state index contributed by atoms with van der Waals surface area (Å²) in [5, 5.41) is 15.8. The Balaban J connectivity index is 1.35. The number of nitrogens with one attached hydrogen (secondary N) is 2. The van der Waals surface area contributed by atoms with Crippen LogP contribution in [0.25, 0.3) is 0 Å². The van der Waals surface area contributed by atoms with E-state index in [1.165, 1.54) is 11.1 Å². The first-order valence-corrected chi connectivity index (χ1v) is 9.60. The molecule has 1 saturated carbocycles. The van der Waals surface area contributed by atoms with Crippen LogP contribution in [0.5, 0.6) is 0 Å². The third-order valence-corrected chi connectivity index (χ3v) is 5.56. The van der Waals surface area contributed by atoms with Gasteiger partial charge in [-0.25, -0.2) is 4.79 Å². The first-order chi connectivity index (χ1) is 12.1. The molecule has 3 N–H and O–H groups in total. The number of carbonyl (C=O) groups is 1. The SMILES string of the molecule is Cc1cccc(CN2CCC(NC(=O)NCC3CCCC3O)CC2)c1. The Morgan fingerprint density at radius 3 is 2.72 bits per heavy atom. The van der Waals surface area contributed by atoms with Crippen molar-refractivity contribution in [3.05, 3.63) is 35.4 Å². The second-order valence-corrected chi connectivity index (χ2v) is 7.65. The van der Waals surface area contributed by atoms with E-state index in [0.717, 1.165) is 51.7 Å². The maximum Gasteiger partial charge on any atom is 0.315 e. The largest absolute Gasteiger partial charge is 0.393 e. The molecule has 1 aromatic rings. The van der Waals surface area contributed by atoms with Gasteiger partial charge in [0.25, 0.3) is 0 Å². The van der Waals surface area contributed by atoms with Crippen molar-refractivity contribution in [3.63, 3.8) is 0 Å². The predicted octanol–water partition coefficient (Wildman–Crippen LogP) is 2.42. The van der Waals surface area contributed by atoms with Crippen molar-refractivity contribution in [1.29, 1.82) is 0 Å². The van der Waals surface area contributed by atoms with E-state index < -0.39 is 0 Å². The van der Waals surface area contributed by atoms with E-state index in [1.807, 2.05) is 0 Å². The lowest BCUT2D eigenvalue weighted by atomic mass is 10.0. The van der Waals surface area contributed by atoms with E-state index in [2.05, 4.69) is 46.7 Å². The topological polar surface area (TPSA) is 64.6 Å². The molecule has 2 fully saturated rings. The van der Waals surface area contributed by atoms with Crippen LogP contribution >= 0.6 is 0 Å². The average molecular weight is 345 g/mol. The van der Waals surface area contributed by atoms with Crippen molar-refractivity contribution >= 4 is 6.03 Å². The molecule has 2 amide bonds. The van der Waals surface area contributed by atoms with Crippen molar-refractivity contribution in [2.75, 3.05) is 19.6 Å². The number of hydrogen-bond donors (Lipinski definition) is 3. The average Bonchev–Trinajstić information content (AvgIpc) is 3.00. The van der Waals surface area contributed by atoms with E-state index in [1.54, 1.807) is 0 Å². The molecule has 1 aromatic carbocycles. The second kappa shape index (κ2) is 8.68. The van der Waals surface area contributed by atoms with Crippen LogP contribution in [0.2, 0.25) is 0 Å². The Labute approximate surface area is 150 Å². The minimum atomic E-state index is -0.245. The smallest absolute Gasteiger partial charge is 0.315 e. The van der Waals surface area contributed by atoms with Gasteiger partial charge in [-0.1, -0.05) is 36.2 Å². The number of aliphatic hydroxyl groups excluding tert-OH is 1. The Bertz CT molecular complexity index is 570. The van der Waals surface area contributed by atoms with E-state index >= 15 is 0 Å². The molecule has 5 nitrogen and oxygen atoms in total. The van der Waals surface area contributed by atoms with Gasteiger partial charge >= 0.3 is 6.03 Å². The van der Waals surface area contributed by atoms with Crippen LogP contribution in [0, 0.1) is 12.8 Å². The van der Waals surface area contributed by atoms with Crippen LogP contribution in [-0.2, 0) is 6.54 Å². The highest BCUT2D eigenvalue weighted by atomic mass is 16.3. The molecule has 1 aliphatic heterocycles. The molecule has 2 aliphatic rings. The summed E-state index contributed by atoms with van der Waals surface area (Å²) in [5.41, 5.74) is 2.66. The summed E-state index contributed by atoms with van der Waals surface area (Å²) in [4.78, 5) is 14.5. The number of hydrogen-bond acceptors (Lipinski definition) is 3. The lowest BCUT2D eigenvalue weighted by Gasteiger charge is -2.32. The highest BCUT2D eigenvalue weighted by Crippen LogP contribution is 2.24. The zero-order chi connectivity index (χ0) is 17.6. The molecule has 0 bridgehead atoms. The van der Waals surface area contributed by atoms with Gasteiger partial charge in [-0.2, -0.15) is 0 Å². The molecule has 2 atom stereocenters. The van der Waals surface area contributed by atoms with Crippen LogP contribution in [0.4, 0.5) is 4.79 Å². The minimum absolute atomic E-state index is 0.0868. The van der Waals surface area contributed by atoms with Gasteiger partial charge in [0.15, 0.2) is 0 Å². The Hall–Kier alpha value is -1.59. The molecule has 0 aromatic heterocycles. The molecule has 3 rings (SSSR count). The van der Waals surface area contributed by atoms with Gasteiger partial charge in [-0.15, -0.1) is 0 Å². The Kier molecular flexibility index (Phi) is 6.32. The number of carbonyl (C=O) groups excluding carboxylic acids is 1. The quantitative estimate of drug-likeness (QED) is 0.768. The van der Waals surface area contributed by atoms with Gasteiger partial charge in [0, 0.05) is 38.1 Å². The molecule has 0 radical (unpaired) electrons. The Morgan fingerprint density at radius 2 is 2.04 bits per heavy atom. The number of likely N-dealkylation sites (tertiary alicyclic amines) is 1. The molecular weight excluding hydrogens is 314 g/mol. The van der Waals surface area contributed by atoms with Gasteiger partial charge < -0.3 is 15.7 Å². The molecule has 1 saturated heterocycles. The number of amides is 2. The van der Waals surface area contributed by atoms with E-state index in [0.29, 0.717) is 6.54 Å². The van der Waals surface area contributed by atoms with Crippen molar-refractivity contribution in [2.45, 2.75) is 57.7 Å². The lowest BCUT2D eigenvalue weighted by Crippen LogP contribution is -2.48. The number of aryl methyl sites for hydroxylation is 1. The monoisotopic (exact) mass is 345 g/mol. The van der Waals surface area contributed by atoms with Crippen LogP contribution < -0.4 is 10.6 Å². The van der Waals surface area contributed by atoms with Gasteiger partial charge in [0.1, 0.15) is 0 Å². The molecule has 25 heavy (non-hydrogen) atoms. The van der Waals surface area contributed by atoms with Crippen LogP contribution in [0.15, 0.2) is 24.3 Å². The fraction of sp³-hybridized carbons (Fsp3) is 0.650. The van der Waals surface area contributed by atoms with E-state index in [-0.39, 0.29) is 24.1 Å². The molecule has 1 heterocycles. The van der Waals surface area contributed by atoms with Crippen LogP contribution in [0.3, 0.4) is 0 Å². The number of urea groups is 1. The first kappa shape index (κ1) is 18.2. The Morgan fingerprint density at radius 1 is 1.24 bits per heavy atom. The van der Waals surface area contributed by atoms with Gasteiger partial charge in [0.05, 0.1) is 6.10 Å². The van der Waals surface area contributed by atoms with Crippen LogP contribution in [0.1, 0.15) is 43.2 Å². The number of benzene rings is 1. The molecule has 0 spiro atoms. The second-order valence-electron chi connectivity index (χ2n) is 7.65. The van der Waals surface area contributed by atoms with Crippen molar-refractivity contribution in [3.8, 4) is 0 Å². The number of rotatable bonds is 5. The summed E-state index contributed by atoms with van der Waals surface area (Å²) in [5.74, 6) is 0.224. The summed E-state index contributed by atoms with van der Waals surface area (Å²) in [6.07, 6.45) is 4.68. The van der Waals surface area contributed by atoms with Crippen molar-refractivity contribution in [1.82, 2.24) is 15.5 Å². The van der Waals surface area contributed by atoms with Crippen LogP contribution in [-0.4, -0.2) is 47.8 Å². The number of piperidine rings is 1. The van der Waals surface area contributed by atoms with E-state index in [4.69, 9.17) is 0 Å². The molecule has 2 unspecified atom stereocenters. The van der Waals surface area contributed by atoms with Crippen molar-refractivity contribution in [2.24, 2.45) is 5.92 Å². The van der Waals surface area contributed by atoms with Gasteiger partial charge in [-0.3, -0.25) is 4.90 Å². The molecule has 5 heteroatoms. The fourth-order valence-electron chi connectivity index (χ4n) is 4.02. The number of nitrogens with zero attached hydrogens (tertiary/aromatic N) is 1. The highest BCUT2D eigenvalue weighted by molar-refractivity contribution is 5.74. The maximum atomic E-state index is 12.1. The maximum absolute atomic E-state index is 12.1. The molecule has 1 aliphatic carbocycles. The minimum Gasteiger partial charge on any atom is -0.393 e. The highest BCUT2D eigenvalue weighted by Gasteiger charge is 2.26. The standard InChI is InChI=1S/C20H31N3O2/c1-15-4-2-5-16(12-15)14-23-10-8-18(9-11-23)22-20(25)21-13-17-6-3-7-19(17)24/h2,4-5,12,17-19,24H,3,6-11,13-14H2,1H3,(H2,21,22,25). The molecular formula is C20H31N3O2. The predicted molar refractivity (Wildman–Crippen MR) is 99.4 cm³/mol. The van der Waals surface area contributed by atoms with Crippen molar-refractivity contribution < 1.29 is 9.90 Å².